The summed E-state index contributed by atoms with van der Waals surface area (Å²) < 4.78 is 30.5. The van der Waals surface area contributed by atoms with Crippen molar-refractivity contribution in [1.82, 2.24) is 0 Å². The molecule has 0 spiro atoms. The van der Waals surface area contributed by atoms with Gasteiger partial charge < -0.3 is 10.1 Å². The molecule has 2 rings (SSSR count). The molecule has 0 atom stereocenters. The number of hydrogen-bond acceptors (Lipinski definition) is 5. The van der Waals surface area contributed by atoms with E-state index in [1.165, 1.54) is 12.1 Å². The zero-order valence-electron chi connectivity index (χ0n) is 16.7. The molecule has 0 aliphatic carbocycles. The molecule has 0 aromatic heterocycles. The lowest BCUT2D eigenvalue weighted by Crippen LogP contribution is -2.38. The maximum absolute atomic E-state index is 12.6. The third-order valence-electron chi connectivity index (χ3n) is 4.14. The first-order valence-corrected chi connectivity index (χ1v) is 11.1. The zero-order chi connectivity index (χ0) is 21.8. The summed E-state index contributed by atoms with van der Waals surface area (Å²) in [4.78, 5) is 24.4. The number of amides is 1. The minimum Gasteiger partial charge on any atom is -0.462 e. The van der Waals surface area contributed by atoms with Crippen molar-refractivity contribution in [3.05, 3.63) is 58.1 Å². The third-order valence-corrected chi connectivity index (χ3v) is 5.50. The van der Waals surface area contributed by atoms with Crippen LogP contribution >= 0.6 is 11.6 Å². The van der Waals surface area contributed by atoms with Crippen LogP contribution in [-0.4, -0.2) is 39.7 Å². The van der Waals surface area contributed by atoms with E-state index in [0.717, 1.165) is 10.6 Å². The van der Waals surface area contributed by atoms with Crippen LogP contribution < -0.4 is 9.62 Å². The highest BCUT2D eigenvalue weighted by Gasteiger charge is 2.23. The summed E-state index contributed by atoms with van der Waals surface area (Å²) in [6.45, 7) is 5.03. The van der Waals surface area contributed by atoms with E-state index in [0.29, 0.717) is 33.1 Å². The molecule has 7 nitrogen and oxygen atoms in total. The first-order chi connectivity index (χ1) is 13.5. The smallest absolute Gasteiger partial charge is 0.338 e. The minimum atomic E-state index is -3.73. The summed E-state index contributed by atoms with van der Waals surface area (Å²) in [6.07, 6.45) is 1.03. The highest BCUT2D eigenvalue weighted by molar-refractivity contribution is 7.92. The van der Waals surface area contributed by atoms with Gasteiger partial charge in [-0.05, 0) is 62.2 Å². The van der Waals surface area contributed by atoms with Gasteiger partial charge in [0.25, 0.3) is 0 Å². The summed E-state index contributed by atoms with van der Waals surface area (Å²) in [6, 6.07) is 9.56. The highest BCUT2D eigenvalue weighted by atomic mass is 35.5. The van der Waals surface area contributed by atoms with E-state index in [-0.39, 0.29) is 6.61 Å². The van der Waals surface area contributed by atoms with Crippen molar-refractivity contribution in [2.75, 3.05) is 29.0 Å². The Morgan fingerprint density at radius 1 is 1.10 bits per heavy atom. The standard InChI is InChI=1S/C20H23ClN2O5S/c1-5-28-20(25)15-7-9-17(14(3)10-15)22-19(24)12-23(29(4,26)27)18-11-16(21)8-6-13(18)2/h6-11H,5,12H2,1-4H3,(H,22,24). The maximum atomic E-state index is 12.6. The minimum absolute atomic E-state index is 0.264. The van der Waals surface area contributed by atoms with Gasteiger partial charge in [-0.1, -0.05) is 17.7 Å². The topological polar surface area (TPSA) is 92.8 Å². The van der Waals surface area contributed by atoms with Crippen molar-refractivity contribution in [3.63, 3.8) is 0 Å². The van der Waals surface area contributed by atoms with Crippen LogP contribution in [0.15, 0.2) is 36.4 Å². The van der Waals surface area contributed by atoms with Crippen molar-refractivity contribution in [3.8, 4) is 0 Å². The van der Waals surface area contributed by atoms with Crippen molar-refractivity contribution in [2.45, 2.75) is 20.8 Å². The molecule has 0 saturated heterocycles. The van der Waals surface area contributed by atoms with Gasteiger partial charge in [0.15, 0.2) is 0 Å². The number of aryl methyl sites for hydroxylation is 2. The van der Waals surface area contributed by atoms with Crippen molar-refractivity contribution in [2.24, 2.45) is 0 Å². The largest absolute Gasteiger partial charge is 0.462 e. The molecule has 0 heterocycles. The molecule has 29 heavy (non-hydrogen) atoms. The number of esters is 1. The first-order valence-electron chi connectivity index (χ1n) is 8.84. The Hall–Kier alpha value is -2.58. The van der Waals surface area contributed by atoms with Crippen molar-refractivity contribution in [1.29, 1.82) is 0 Å². The molecular formula is C20H23ClN2O5S. The Morgan fingerprint density at radius 2 is 1.79 bits per heavy atom. The number of ether oxygens (including phenoxy) is 1. The molecule has 0 bridgehead atoms. The fourth-order valence-electron chi connectivity index (χ4n) is 2.70. The van der Waals surface area contributed by atoms with Gasteiger partial charge in [-0.25, -0.2) is 13.2 Å². The molecule has 0 unspecified atom stereocenters. The molecule has 2 aromatic rings. The van der Waals surface area contributed by atoms with Crippen LogP contribution in [-0.2, 0) is 19.6 Å². The number of nitrogens with zero attached hydrogens (tertiary/aromatic N) is 1. The number of sulfonamides is 1. The summed E-state index contributed by atoms with van der Waals surface area (Å²) in [5.74, 6) is -0.977. The number of halogens is 1. The quantitative estimate of drug-likeness (QED) is 0.667. The van der Waals surface area contributed by atoms with Crippen molar-refractivity contribution >= 4 is 44.9 Å². The Labute approximate surface area is 175 Å². The van der Waals surface area contributed by atoms with E-state index < -0.39 is 28.4 Å². The number of hydrogen-bond donors (Lipinski definition) is 1. The summed E-state index contributed by atoms with van der Waals surface area (Å²) in [5.41, 5.74) is 2.50. The van der Waals surface area contributed by atoms with Crippen LogP contribution in [0.3, 0.4) is 0 Å². The number of carbonyl (C=O) groups is 2. The van der Waals surface area contributed by atoms with Gasteiger partial charge in [0.05, 0.1) is 24.1 Å². The summed E-state index contributed by atoms with van der Waals surface area (Å²) >= 11 is 6.00. The van der Waals surface area contributed by atoms with E-state index in [1.54, 1.807) is 45.0 Å². The molecule has 0 saturated carbocycles. The Morgan fingerprint density at radius 3 is 2.38 bits per heavy atom. The average Bonchev–Trinajstić information content (AvgIpc) is 2.63. The molecule has 9 heteroatoms. The average molecular weight is 439 g/mol. The van der Waals surface area contributed by atoms with Crippen molar-refractivity contribution < 1.29 is 22.7 Å². The fraction of sp³-hybridized carbons (Fsp3) is 0.300. The van der Waals surface area contributed by atoms with Crippen LogP contribution in [0.25, 0.3) is 0 Å². The second kappa shape index (κ2) is 9.28. The van der Waals surface area contributed by atoms with Gasteiger partial charge in [-0.3, -0.25) is 9.10 Å². The van der Waals surface area contributed by atoms with Gasteiger partial charge in [0.1, 0.15) is 6.54 Å². The molecule has 2 aromatic carbocycles. The van der Waals surface area contributed by atoms with Crippen LogP contribution in [0.5, 0.6) is 0 Å². The molecular weight excluding hydrogens is 416 g/mol. The lowest BCUT2D eigenvalue weighted by Gasteiger charge is -2.24. The van der Waals surface area contributed by atoms with Gasteiger partial charge >= 0.3 is 5.97 Å². The summed E-state index contributed by atoms with van der Waals surface area (Å²) in [5, 5.41) is 3.05. The SMILES string of the molecule is CCOC(=O)c1ccc(NC(=O)CN(c2cc(Cl)ccc2C)S(C)(=O)=O)c(C)c1. The fourth-order valence-corrected chi connectivity index (χ4v) is 3.77. The molecule has 0 radical (unpaired) electrons. The number of anilines is 2. The van der Waals surface area contributed by atoms with Gasteiger partial charge in [0.2, 0.25) is 15.9 Å². The number of benzene rings is 2. The first kappa shape index (κ1) is 22.7. The second-order valence-electron chi connectivity index (χ2n) is 6.50. The van der Waals surface area contributed by atoms with E-state index >= 15 is 0 Å². The number of rotatable bonds is 7. The molecule has 0 aliphatic heterocycles. The monoisotopic (exact) mass is 438 g/mol. The van der Waals surface area contributed by atoms with Gasteiger partial charge in [-0.15, -0.1) is 0 Å². The van der Waals surface area contributed by atoms with Crippen LogP contribution in [0.2, 0.25) is 5.02 Å². The predicted octanol–water partition coefficient (Wildman–Crippen LogP) is 3.54. The van der Waals surface area contributed by atoms with Crippen LogP contribution in [0, 0.1) is 13.8 Å². The number of carbonyl (C=O) groups excluding carboxylic acids is 2. The third kappa shape index (κ3) is 5.95. The lowest BCUT2D eigenvalue weighted by atomic mass is 10.1. The Bertz CT molecular complexity index is 1040. The molecule has 1 N–H and O–H groups in total. The molecule has 156 valence electrons. The van der Waals surface area contributed by atoms with Gasteiger partial charge in [0, 0.05) is 10.7 Å². The summed E-state index contributed by atoms with van der Waals surface area (Å²) in [7, 11) is -3.73. The number of nitrogens with one attached hydrogen (secondary N) is 1. The molecule has 0 fully saturated rings. The zero-order valence-corrected chi connectivity index (χ0v) is 18.2. The lowest BCUT2D eigenvalue weighted by molar-refractivity contribution is -0.114. The normalized spacial score (nSPS) is 11.1. The van der Waals surface area contributed by atoms with E-state index in [1.807, 2.05) is 0 Å². The van der Waals surface area contributed by atoms with E-state index in [4.69, 9.17) is 16.3 Å². The van der Waals surface area contributed by atoms with Crippen LogP contribution in [0.1, 0.15) is 28.4 Å². The van der Waals surface area contributed by atoms with E-state index in [9.17, 15) is 18.0 Å². The molecule has 1 amide bonds. The Balaban J connectivity index is 2.23. The molecule has 0 aliphatic rings. The highest BCUT2D eigenvalue weighted by Crippen LogP contribution is 2.26. The Kier molecular flexibility index (Phi) is 7.26. The maximum Gasteiger partial charge on any atom is 0.338 e. The predicted molar refractivity (Wildman–Crippen MR) is 114 cm³/mol. The van der Waals surface area contributed by atoms with Crippen LogP contribution in [0.4, 0.5) is 11.4 Å². The van der Waals surface area contributed by atoms with Gasteiger partial charge in [-0.2, -0.15) is 0 Å². The van der Waals surface area contributed by atoms with E-state index in [2.05, 4.69) is 5.32 Å². The second-order valence-corrected chi connectivity index (χ2v) is 8.84.